The zero-order valence-corrected chi connectivity index (χ0v) is 12.1. The van der Waals surface area contributed by atoms with Crippen LogP contribution < -0.4 is 10.0 Å². The van der Waals surface area contributed by atoms with E-state index in [0.29, 0.717) is 18.5 Å². The molecule has 0 bridgehead atoms. The van der Waals surface area contributed by atoms with E-state index in [9.17, 15) is 18.5 Å². The van der Waals surface area contributed by atoms with Gasteiger partial charge in [0.05, 0.1) is 10.7 Å². The summed E-state index contributed by atoms with van der Waals surface area (Å²) in [6, 6.07) is 5.51. The molecule has 0 atom stereocenters. The Kier molecular flexibility index (Phi) is 6.56. The van der Waals surface area contributed by atoms with Crippen molar-refractivity contribution in [2.75, 3.05) is 19.6 Å². The fourth-order valence-corrected chi connectivity index (χ4v) is 2.79. The molecule has 1 aromatic carbocycles. The maximum absolute atomic E-state index is 11.8. The second kappa shape index (κ2) is 7.93. The smallest absolute Gasteiger partial charge is 0.269 e. The fraction of sp³-hybridized carbons (Fsp3) is 0.500. The number of hydrogen-bond acceptors (Lipinski definition) is 5. The molecule has 0 radical (unpaired) electrons. The maximum Gasteiger partial charge on any atom is 0.269 e. The van der Waals surface area contributed by atoms with Crippen LogP contribution in [0.15, 0.2) is 24.3 Å². The SMILES string of the molecule is CCNCCCNS(=O)(=O)Cc1ccc([N+](=O)[O-])cc1. The highest BCUT2D eigenvalue weighted by atomic mass is 32.2. The minimum Gasteiger partial charge on any atom is -0.317 e. The van der Waals surface area contributed by atoms with Gasteiger partial charge in [-0.1, -0.05) is 19.1 Å². The van der Waals surface area contributed by atoms with Gasteiger partial charge < -0.3 is 5.32 Å². The number of non-ortho nitro benzene ring substituents is 1. The van der Waals surface area contributed by atoms with Gasteiger partial charge in [0.15, 0.2) is 0 Å². The lowest BCUT2D eigenvalue weighted by Crippen LogP contribution is -2.28. The molecule has 0 aliphatic rings. The Balaban J connectivity index is 2.47. The van der Waals surface area contributed by atoms with Gasteiger partial charge >= 0.3 is 0 Å². The largest absolute Gasteiger partial charge is 0.317 e. The minimum atomic E-state index is -3.40. The normalized spacial score (nSPS) is 11.4. The number of hydrogen-bond donors (Lipinski definition) is 2. The van der Waals surface area contributed by atoms with E-state index in [0.717, 1.165) is 13.1 Å². The lowest BCUT2D eigenvalue weighted by Gasteiger charge is -2.07. The molecule has 0 heterocycles. The van der Waals surface area contributed by atoms with E-state index in [1.54, 1.807) is 0 Å². The van der Waals surface area contributed by atoms with Crippen molar-refractivity contribution in [1.82, 2.24) is 10.0 Å². The number of rotatable bonds is 9. The summed E-state index contributed by atoms with van der Waals surface area (Å²) in [7, 11) is -3.40. The Hall–Kier alpha value is -1.51. The van der Waals surface area contributed by atoms with E-state index < -0.39 is 14.9 Å². The molecular weight excluding hydrogens is 282 g/mol. The number of nitrogens with one attached hydrogen (secondary N) is 2. The van der Waals surface area contributed by atoms with E-state index in [-0.39, 0.29) is 11.4 Å². The Morgan fingerprint density at radius 3 is 2.40 bits per heavy atom. The Labute approximate surface area is 118 Å². The zero-order valence-electron chi connectivity index (χ0n) is 11.3. The molecule has 0 unspecified atom stereocenters. The Bertz CT molecular complexity index is 528. The first-order chi connectivity index (χ1) is 9.44. The molecule has 0 fully saturated rings. The molecule has 0 aromatic heterocycles. The lowest BCUT2D eigenvalue weighted by molar-refractivity contribution is -0.384. The minimum absolute atomic E-state index is 0.0512. The van der Waals surface area contributed by atoms with Crippen LogP contribution >= 0.6 is 0 Å². The van der Waals surface area contributed by atoms with Gasteiger partial charge in [-0.25, -0.2) is 13.1 Å². The van der Waals surface area contributed by atoms with Crippen molar-refractivity contribution in [1.29, 1.82) is 0 Å². The summed E-state index contributed by atoms with van der Waals surface area (Å²) in [4.78, 5) is 9.98. The summed E-state index contributed by atoms with van der Waals surface area (Å²) in [5.41, 5.74) is 0.472. The van der Waals surface area contributed by atoms with E-state index in [2.05, 4.69) is 10.0 Å². The molecule has 7 nitrogen and oxygen atoms in total. The monoisotopic (exact) mass is 301 g/mol. The van der Waals surface area contributed by atoms with Crippen molar-refractivity contribution in [3.05, 3.63) is 39.9 Å². The summed E-state index contributed by atoms with van der Waals surface area (Å²) in [6.07, 6.45) is 0.716. The predicted molar refractivity (Wildman–Crippen MR) is 76.9 cm³/mol. The average molecular weight is 301 g/mol. The molecule has 0 aliphatic heterocycles. The maximum atomic E-state index is 11.8. The first kappa shape index (κ1) is 16.5. The van der Waals surface area contributed by atoms with Crippen LogP contribution in [0, 0.1) is 10.1 Å². The van der Waals surface area contributed by atoms with Crippen LogP contribution in [0.1, 0.15) is 18.9 Å². The van der Waals surface area contributed by atoms with Crippen molar-refractivity contribution >= 4 is 15.7 Å². The Morgan fingerprint density at radius 1 is 1.20 bits per heavy atom. The first-order valence-electron chi connectivity index (χ1n) is 6.36. The average Bonchev–Trinajstić information content (AvgIpc) is 2.38. The van der Waals surface area contributed by atoms with E-state index >= 15 is 0 Å². The molecule has 112 valence electrons. The molecule has 0 aliphatic carbocycles. The van der Waals surface area contributed by atoms with Crippen LogP contribution in [0.3, 0.4) is 0 Å². The highest BCUT2D eigenvalue weighted by Crippen LogP contribution is 2.13. The summed E-state index contributed by atoms with van der Waals surface area (Å²) < 4.78 is 26.1. The van der Waals surface area contributed by atoms with Crippen LogP contribution in [0.4, 0.5) is 5.69 Å². The highest BCUT2D eigenvalue weighted by molar-refractivity contribution is 7.88. The molecule has 8 heteroatoms. The quantitative estimate of drug-likeness (QED) is 0.403. The first-order valence-corrected chi connectivity index (χ1v) is 8.01. The molecule has 20 heavy (non-hydrogen) atoms. The fourth-order valence-electron chi connectivity index (χ4n) is 1.60. The van der Waals surface area contributed by atoms with Gasteiger partial charge in [-0.3, -0.25) is 10.1 Å². The van der Waals surface area contributed by atoms with E-state index in [1.165, 1.54) is 24.3 Å². The lowest BCUT2D eigenvalue weighted by atomic mass is 10.2. The second-order valence-corrected chi connectivity index (χ2v) is 6.09. The van der Waals surface area contributed by atoms with Crippen LogP contribution in [-0.2, 0) is 15.8 Å². The summed E-state index contributed by atoms with van der Waals surface area (Å²) >= 11 is 0. The van der Waals surface area contributed by atoms with E-state index in [4.69, 9.17) is 0 Å². The van der Waals surface area contributed by atoms with Crippen LogP contribution in [0.5, 0.6) is 0 Å². The second-order valence-electron chi connectivity index (χ2n) is 4.28. The number of nitro groups is 1. The van der Waals surface area contributed by atoms with Crippen LogP contribution in [0.2, 0.25) is 0 Å². The highest BCUT2D eigenvalue weighted by Gasteiger charge is 2.12. The molecule has 1 aromatic rings. The van der Waals surface area contributed by atoms with Crippen molar-refractivity contribution < 1.29 is 13.3 Å². The third-order valence-electron chi connectivity index (χ3n) is 2.61. The molecular formula is C12H19N3O4S. The van der Waals surface area contributed by atoms with Crippen LogP contribution in [-0.4, -0.2) is 33.0 Å². The molecule has 0 spiro atoms. The van der Waals surface area contributed by atoms with Crippen LogP contribution in [0.25, 0.3) is 0 Å². The van der Waals surface area contributed by atoms with Gasteiger partial charge in [-0.15, -0.1) is 0 Å². The number of benzene rings is 1. The van der Waals surface area contributed by atoms with Gasteiger partial charge in [-0.2, -0.15) is 0 Å². The summed E-state index contributed by atoms with van der Waals surface area (Å²) in [5.74, 6) is -0.174. The molecule has 2 N–H and O–H groups in total. The molecule has 0 amide bonds. The van der Waals surface area contributed by atoms with Crippen molar-refractivity contribution in [3.63, 3.8) is 0 Å². The third kappa shape index (κ3) is 6.09. The predicted octanol–water partition coefficient (Wildman–Crippen LogP) is 1.01. The van der Waals surface area contributed by atoms with E-state index in [1.807, 2.05) is 6.92 Å². The topological polar surface area (TPSA) is 101 Å². The van der Waals surface area contributed by atoms with Crippen molar-refractivity contribution in [3.8, 4) is 0 Å². The molecule has 1 rings (SSSR count). The Morgan fingerprint density at radius 2 is 1.85 bits per heavy atom. The van der Waals surface area contributed by atoms with Gasteiger partial charge in [0, 0.05) is 18.7 Å². The number of nitro benzene ring substituents is 1. The number of nitrogens with zero attached hydrogens (tertiary/aromatic N) is 1. The van der Waals surface area contributed by atoms with Gasteiger partial charge in [-0.05, 0) is 25.1 Å². The van der Waals surface area contributed by atoms with Gasteiger partial charge in [0.1, 0.15) is 0 Å². The van der Waals surface area contributed by atoms with Gasteiger partial charge in [0.2, 0.25) is 10.0 Å². The standard InChI is InChI=1S/C12H19N3O4S/c1-2-13-8-3-9-14-20(18,19)10-11-4-6-12(7-5-11)15(16)17/h4-7,13-14H,2-3,8-10H2,1H3. The van der Waals surface area contributed by atoms with Crippen molar-refractivity contribution in [2.24, 2.45) is 0 Å². The summed E-state index contributed by atoms with van der Waals surface area (Å²) in [6.45, 7) is 3.98. The van der Waals surface area contributed by atoms with Gasteiger partial charge in [0.25, 0.3) is 5.69 Å². The zero-order chi connectivity index (χ0) is 15.0. The summed E-state index contributed by atoms with van der Waals surface area (Å²) in [5, 5.41) is 13.6. The third-order valence-corrected chi connectivity index (χ3v) is 3.96. The molecule has 0 saturated heterocycles. The number of sulfonamides is 1. The molecule has 0 saturated carbocycles. The van der Waals surface area contributed by atoms with Crippen molar-refractivity contribution in [2.45, 2.75) is 19.1 Å².